The van der Waals surface area contributed by atoms with Crippen LogP contribution in [0.15, 0.2) is 24.8 Å². The fourth-order valence-electron chi connectivity index (χ4n) is 3.92. The van der Waals surface area contributed by atoms with E-state index in [4.69, 9.17) is 13.6 Å². The van der Waals surface area contributed by atoms with Crippen LogP contribution < -0.4 is 0 Å². The standard InChI is InChI=1S/C29H54O5Si2/c1-13-15-16-17-22(33-35(9,10)28(3,4)5)18-19-23-25(34-36(11,12)29(6,7)8)21-24(30)26(23)27(31)32-20-14-2/h14,18-19,22-23,25-26H,2,13,15-17,20-21H2,1,3-12H3/b19-18+/t22-,23-,25+,26+/m0/s1. The van der Waals surface area contributed by atoms with Gasteiger partial charge in [-0.2, -0.15) is 0 Å². The Hall–Kier alpha value is -1.03. The van der Waals surface area contributed by atoms with Gasteiger partial charge < -0.3 is 13.6 Å². The average molecular weight is 539 g/mol. The van der Waals surface area contributed by atoms with Crippen LogP contribution in [-0.2, 0) is 23.2 Å². The predicted octanol–water partition coefficient (Wildman–Crippen LogP) is 7.84. The van der Waals surface area contributed by atoms with Crippen LogP contribution in [0.5, 0.6) is 0 Å². The smallest absolute Gasteiger partial charge is 0.317 e. The van der Waals surface area contributed by atoms with Gasteiger partial charge in [0.25, 0.3) is 0 Å². The molecule has 0 aliphatic heterocycles. The summed E-state index contributed by atoms with van der Waals surface area (Å²) >= 11 is 0. The maximum atomic E-state index is 13.1. The Kier molecular flexibility index (Phi) is 12.1. The van der Waals surface area contributed by atoms with Gasteiger partial charge in [-0.25, -0.2) is 0 Å². The molecule has 1 rings (SSSR count). The molecule has 7 heteroatoms. The number of unbranched alkanes of at least 4 members (excludes halogenated alkanes) is 2. The third-order valence-corrected chi connectivity index (χ3v) is 17.3. The highest BCUT2D eigenvalue weighted by Crippen LogP contribution is 2.43. The zero-order valence-electron chi connectivity index (χ0n) is 25.0. The van der Waals surface area contributed by atoms with Crippen molar-refractivity contribution in [2.45, 2.75) is 129 Å². The van der Waals surface area contributed by atoms with Crippen molar-refractivity contribution in [3.63, 3.8) is 0 Å². The first-order chi connectivity index (χ1) is 16.4. The lowest BCUT2D eigenvalue weighted by Crippen LogP contribution is -2.45. The number of carbonyl (C=O) groups excluding carboxylic acids is 2. The molecule has 0 radical (unpaired) electrons. The Bertz CT molecular complexity index is 774. The molecule has 0 spiro atoms. The van der Waals surface area contributed by atoms with Crippen LogP contribution in [0.25, 0.3) is 0 Å². The normalized spacial score (nSPS) is 22.8. The van der Waals surface area contributed by atoms with E-state index in [2.05, 4.69) is 87.3 Å². The van der Waals surface area contributed by atoms with Crippen LogP contribution in [0.4, 0.5) is 0 Å². The summed E-state index contributed by atoms with van der Waals surface area (Å²) in [4.78, 5) is 26.1. The van der Waals surface area contributed by atoms with E-state index in [1.165, 1.54) is 6.08 Å². The van der Waals surface area contributed by atoms with Gasteiger partial charge in [0.1, 0.15) is 18.3 Å². The summed E-state index contributed by atoms with van der Waals surface area (Å²) in [5.41, 5.74) is 0. The number of carbonyl (C=O) groups is 2. The van der Waals surface area contributed by atoms with Crippen LogP contribution in [0.1, 0.15) is 80.6 Å². The van der Waals surface area contributed by atoms with Crippen LogP contribution in [0.2, 0.25) is 36.3 Å². The first kappa shape index (κ1) is 33.0. The zero-order chi connectivity index (χ0) is 27.9. The highest BCUT2D eigenvalue weighted by molar-refractivity contribution is 6.74. The molecule has 0 saturated heterocycles. The first-order valence-electron chi connectivity index (χ1n) is 13.7. The van der Waals surface area contributed by atoms with Gasteiger partial charge in [-0.05, 0) is 42.7 Å². The number of esters is 1. The molecule has 1 aliphatic rings. The lowest BCUT2D eigenvalue weighted by atomic mass is 9.93. The third-order valence-electron chi connectivity index (χ3n) is 8.31. The third kappa shape index (κ3) is 9.07. The van der Waals surface area contributed by atoms with Crippen molar-refractivity contribution in [1.82, 2.24) is 0 Å². The maximum absolute atomic E-state index is 13.1. The highest BCUT2D eigenvalue weighted by atomic mass is 28.4. The minimum Gasteiger partial charge on any atom is -0.461 e. The molecule has 36 heavy (non-hydrogen) atoms. The minimum absolute atomic E-state index is 0.000120. The van der Waals surface area contributed by atoms with Crippen molar-refractivity contribution in [2.24, 2.45) is 11.8 Å². The second kappa shape index (κ2) is 13.2. The van der Waals surface area contributed by atoms with Crippen molar-refractivity contribution in [3.05, 3.63) is 24.8 Å². The van der Waals surface area contributed by atoms with Crippen molar-refractivity contribution in [3.8, 4) is 0 Å². The number of ether oxygens (including phenoxy) is 1. The molecule has 0 unspecified atom stereocenters. The largest absolute Gasteiger partial charge is 0.461 e. The van der Waals surface area contributed by atoms with Crippen LogP contribution >= 0.6 is 0 Å². The van der Waals surface area contributed by atoms with Crippen LogP contribution in [0, 0.1) is 11.8 Å². The van der Waals surface area contributed by atoms with Gasteiger partial charge in [0.05, 0.1) is 12.2 Å². The molecule has 0 aromatic heterocycles. The van der Waals surface area contributed by atoms with E-state index >= 15 is 0 Å². The Morgan fingerprint density at radius 1 is 1.06 bits per heavy atom. The molecule has 0 heterocycles. The maximum Gasteiger partial charge on any atom is 0.317 e. The Balaban J connectivity index is 3.34. The van der Waals surface area contributed by atoms with E-state index < -0.39 is 28.5 Å². The number of hydrogen-bond acceptors (Lipinski definition) is 5. The van der Waals surface area contributed by atoms with Gasteiger partial charge >= 0.3 is 5.97 Å². The minimum atomic E-state index is -2.16. The van der Waals surface area contributed by atoms with Crippen molar-refractivity contribution in [2.75, 3.05) is 6.61 Å². The molecule has 1 saturated carbocycles. The summed E-state index contributed by atoms with van der Waals surface area (Å²) < 4.78 is 18.9. The Morgan fingerprint density at radius 2 is 1.64 bits per heavy atom. The quantitative estimate of drug-likeness (QED) is 0.0786. The monoisotopic (exact) mass is 538 g/mol. The van der Waals surface area contributed by atoms with E-state index in [1.807, 2.05) is 6.08 Å². The number of Topliss-reactive ketones (excluding diaryl/α,β-unsaturated/α-hetero) is 1. The summed E-state index contributed by atoms with van der Waals surface area (Å²) in [6.45, 7) is 28.1. The predicted molar refractivity (Wildman–Crippen MR) is 155 cm³/mol. The van der Waals surface area contributed by atoms with Gasteiger partial charge in [-0.1, -0.05) is 92.5 Å². The van der Waals surface area contributed by atoms with Gasteiger partial charge in [-0.15, -0.1) is 0 Å². The van der Waals surface area contributed by atoms with Gasteiger partial charge in [0, 0.05) is 12.3 Å². The van der Waals surface area contributed by atoms with Crippen molar-refractivity contribution in [1.29, 1.82) is 0 Å². The second-order valence-electron chi connectivity index (χ2n) is 13.4. The van der Waals surface area contributed by atoms with Gasteiger partial charge in [0.2, 0.25) is 0 Å². The molecule has 0 amide bonds. The molecule has 0 N–H and O–H groups in total. The van der Waals surface area contributed by atoms with Gasteiger partial charge in [0.15, 0.2) is 16.6 Å². The number of hydrogen-bond donors (Lipinski definition) is 0. The highest BCUT2D eigenvalue weighted by Gasteiger charge is 2.50. The lowest BCUT2D eigenvalue weighted by Gasteiger charge is -2.40. The molecule has 5 nitrogen and oxygen atoms in total. The van der Waals surface area contributed by atoms with E-state index in [0.29, 0.717) is 0 Å². The first-order valence-corrected chi connectivity index (χ1v) is 19.5. The van der Waals surface area contributed by atoms with Crippen LogP contribution in [0.3, 0.4) is 0 Å². The summed E-state index contributed by atoms with van der Waals surface area (Å²) in [5, 5.41) is 0.0953. The van der Waals surface area contributed by atoms with E-state index in [0.717, 1.165) is 25.7 Å². The fourth-order valence-corrected chi connectivity index (χ4v) is 6.58. The summed E-state index contributed by atoms with van der Waals surface area (Å²) in [7, 11) is -4.16. The van der Waals surface area contributed by atoms with E-state index in [9.17, 15) is 9.59 Å². The lowest BCUT2D eigenvalue weighted by molar-refractivity contribution is -0.151. The molecule has 1 aliphatic carbocycles. The molecule has 208 valence electrons. The topological polar surface area (TPSA) is 61.8 Å². The summed E-state index contributed by atoms with van der Waals surface area (Å²) in [6, 6.07) is 0. The van der Waals surface area contributed by atoms with E-state index in [-0.39, 0.29) is 47.0 Å². The second-order valence-corrected chi connectivity index (χ2v) is 22.9. The number of ketones is 1. The summed E-state index contributed by atoms with van der Waals surface area (Å²) in [6.07, 6.45) is 9.83. The molecule has 0 aromatic carbocycles. The Morgan fingerprint density at radius 3 is 2.14 bits per heavy atom. The van der Waals surface area contributed by atoms with E-state index in [1.54, 1.807) is 0 Å². The zero-order valence-corrected chi connectivity index (χ0v) is 27.0. The van der Waals surface area contributed by atoms with Crippen LogP contribution in [-0.4, -0.2) is 47.2 Å². The fraction of sp³-hybridized carbons (Fsp3) is 0.793. The molecule has 0 bridgehead atoms. The molecule has 0 aromatic rings. The SMILES string of the molecule is C=CCOC(=O)[C@H]1C(=O)C[C@@H](O[Si](C)(C)C(C)(C)C)[C@@H]1/C=C/[C@H](CCCCC)O[Si](C)(C)C(C)(C)C. The van der Waals surface area contributed by atoms with Crippen molar-refractivity contribution >= 4 is 28.4 Å². The van der Waals surface area contributed by atoms with Crippen molar-refractivity contribution < 1.29 is 23.2 Å². The average Bonchev–Trinajstić information content (AvgIpc) is 3.02. The summed E-state index contributed by atoms with van der Waals surface area (Å²) in [5.74, 6) is -1.79. The van der Waals surface area contributed by atoms with Gasteiger partial charge in [-0.3, -0.25) is 9.59 Å². The molecular formula is C29H54O5Si2. The number of rotatable bonds is 13. The molecule has 1 fully saturated rings. The molecular weight excluding hydrogens is 484 g/mol. The molecule has 4 atom stereocenters. The Labute approximate surface area is 223 Å².